The zero-order valence-electron chi connectivity index (χ0n) is 24.5. The number of esters is 1. The molecule has 0 saturated carbocycles. The van der Waals surface area contributed by atoms with Gasteiger partial charge in [0.05, 0.1) is 30.2 Å². The van der Waals surface area contributed by atoms with Crippen LogP contribution in [0.25, 0.3) is 17.1 Å². The van der Waals surface area contributed by atoms with Gasteiger partial charge in [-0.2, -0.15) is 5.10 Å². The van der Waals surface area contributed by atoms with E-state index in [1.807, 2.05) is 43.3 Å². The van der Waals surface area contributed by atoms with Gasteiger partial charge in [-0.3, -0.25) is 0 Å². The number of carbonyl (C=O) groups excluding carboxylic acids is 1. The number of pyridine rings is 1. The summed E-state index contributed by atoms with van der Waals surface area (Å²) in [5.41, 5.74) is 7.27. The van der Waals surface area contributed by atoms with E-state index in [-0.39, 0.29) is 6.04 Å². The summed E-state index contributed by atoms with van der Waals surface area (Å²) in [6.45, 7) is 7.63. The molecule has 2 aliphatic rings. The van der Waals surface area contributed by atoms with Crippen molar-refractivity contribution in [2.24, 2.45) is 0 Å². The average molecular weight is 582 g/mol. The summed E-state index contributed by atoms with van der Waals surface area (Å²) >= 11 is 0. The molecular formula is C33H35N5O5. The number of anilines is 1. The van der Waals surface area contributed by atoms with Crippen LogP contribution in [0.5, 0.6) is 5.75 Å². The molecule has 10 nitrogen and oxygen atoms in total. The number of hydrogen-bond donors (Lipinski definition) is 2. The van der Waals surface area contributed by atoms with E-state index in [1.165, 1.54) is 16.7 Å². The maximum atomic E-state index is 12.3. The summed E-state index contributed by atoms with van der Waals surface area (Å²) in [7, 11) is 0. The van der Waals surface area contributed by atoms with Gasteiger partial charge in [-0.15, -0.1) is 0 Å². The molecule has 0 bridgehead atoms. The minimum atomic E-state index is -0.839. The van der Waals surface area contributed by atoms with Crippen molar-refractivity contribution in [2.75, 3.05) is 31.6 Å². The van der Waals surface area contributed by atoms with Crippen molar-refractivity contribution in [1.82, 2.24) is 19.7 Å². The van der Waals surface area contributed by atoms with Crippen LogP contribution < -0.4 is 10.1 Å². The SMILES string of the molecule is CCOC(=O)c1cnn(-c2cccc(-c3cccc4c3C(Nc3ccc(C5CCN(C(=O)O)CC5)cc3C)CO4)n2)c1C. The topological polar surface area (TPSA) is 119 Å². The number of carbonyl (C=O) groups is 2. The molecule has 1 fully saturated rings. The Kier molecular flexibility index (Phi) is 7.75. The van der Waals surface area contributed by atoms with Crippen LogP contribution in [-0.2, 0) is 4.74 Å². The lowest BCUT2D eigenvalue weighted by atomic mass is 9.88. The van der Waals surface area contributed by atoms with Crippen LogP contribution in [0.4, 0.5) is 10.5 Å². The minimum Gasteiger partial charge on any atom is -0.491 e. The van der Waals surface area contributed by atoms with E-state index < -0.39 is 12.1 Å². The monoisotopic (exact) mass is 581 g/mol. The van der Waals surface area contributed by atoms with Crippen LogP contribution in [0.1, 0.15) is 64.5 Å². The molecule has 1 atom stereocenters. The first-order valence-corrected chi connectivity index (χ1v) is 14.6. The van der Waals surface area contributed by atoms with Gasteiger partial charge in [0.2, 0.25) is 0 Å². The summed E-state index contributed by atoms with van der Waals surface area (Å²) < 4.78 is 12.9. The molecule has 0 radical (unpaired) electrons. The van der Waals surface area contributed by atoms with Crippen LogP contribution in [-0.4, -0.2) is 63.1 Å². The Hall–Kier alpha value is -4.86. The van der Waals surface area contributed by atoms with Gasteiger partial charge < -0.3 is 24.8 Å². The van der Waals surface area contributed by atoms with Gasteiger partial charge in [0, 0.05) is 29.9 Å². The second-order valence-electron chi connectivity index (χ2n) is 11.0. The lowest BCUT2D eigenvalue weighted by Gasteiger charge is -2.30. The number of amides is 1. The summed E-state index contributed by atoms with van der Waals surface area (Å²) in [5.74, 6) is 1.38. The quantitative estimate of drug-likeness (QED) is 0.250. The number of nitrogens with zero attached hydrogens (tertiary/aromatic N) is 4. The van der Waals surface area contributed by atoms with E-state index in [0.717, 1.165) is 46.7 Å². The zero-order valence-corrected chi connectivity index (χ0v) is 24.5. The molecule has 2 aromatic heterocycles. The van der Waals surface area contributed by atoms with Crippen molar-refractivity contribution in [3.8, 4) is 22.8 Å². The van der Waals surface area contributed by atoms with Gasteiger partial charge in [0.15, 0.2) is 5.82 Å². The third kappa shape index (κ3) is 5.52. The van der Waals surface area contributed by atoms with Gasteiger partial charge in [-0.25, -0.2) is 19.3 Å². The number of nitrogens with one attached hydrogen (secondary N) is 1. The number of rotatable bonds is 7. The highest BCUT2D eigenvalue weighted by atomic mass is 16.5. The maximum Gasteiger partial charge on any atom is 0.407 e. The Morgan fingerprint density at radius 3 is 2.63 bits per heavy atom. The highest BCUT2D eigenvalue weighted by Crippen LogP contribution is 2.42. The van der Waals surface area contributed by atoms with Crippen molar-refractivity contribution >= 4 is 17.7 Å². The highest BCUT2D eigenvalue weighted by molar-refractivity contribution is 5.90. The Bertz CT molecular complexity index is 1670. The largest absolute Gasteiger partial charge is 0.491 e. The first-order valence-electron chi connectivity index (χ1n) is 14.6. The summed E-state index contributed by atoms with van der Waals surface area (Å²) in [5, 5.41) is 17.4. The standard InChI is InChI=1S/C33H35N5O5/c1-4-42-32(39)25-18-34-38(21(25)3)30-10-6-8-27(36-30)24-7-5-9-29-31(24)28(19-43-29)35-26-12-11-23(17-20(26)2)22-13-15-37(16-14-22)33(40)41/h5-12,17-18,22,28,35H,4,13-16,19H2,1-3H3,(H,40,41). The van der Waals surface area contributed by atoms with Crippen LogP contribution >= 0.6 is 0 Å². The molecule has 2 N–H and O–H groups in total. The molecule has 4 aromatic rings. The van der Waals surface area contributed by atoms with Crippen molar-refractivity contribution < 1.29 is 24.2 Å². The van der Waals surface area contributed by atoms with Gasteiger partial charge in [0.25, 0.3) is 0 Å². The van der Waals surface area contributed by atoms with E-state index in [1.54, 1.807) is 11.6 Å². The van der Waals surface area contributed by atoms with Crippen LogP contribution in [0, 0.1) is 13.8 Å². The molecule has 222 valence electrons. The number of piperidine rings is 1. The molecule has 4 heterocycles. The molecule has 2 aromatic carbocycles. The normalized spacial score (nSPS) is 16.4. The van der Waals surface area contributed by atoms with Crippen molar-refractivity contribution in [3.05, 3.63) is 88.7 Å². The second-order valence-corrected chi connectivity index (χ2v) is 11.0. The van der Waals surface area contributed by atoms with E-state index >= 15 is 0 Å². The summed E-state index contributed by atoms with van der Waals surface area (Å²) in [4.78, 5) is 30.0. The molecule has 0 aliphatic carbocycles. The van der Waals surface area contributed by atoms with Crippen molar-refractivity contribution in [2.45, 2.75) is 45.6 Å². The Labute approximate surface area is 250 Å². The number of carboxylic acid groups (broad SMARTS) is 1. The molecule has 0 spiro atoms. The lowest BCUT2D eigenvalue weighted by molar-refractivity contribution is 0.0525. The zero-order chi connectivity index (χ0) is 30.1. The highest BCUT2D eigenvalue weighted by Gasteiger charge is 2.29. The number of aryl methyl sites for hydroxylation is 1. The fourth-order valence-corrected chi connectivity index (χ4v) is 6.06. The molecule has 2 aliphatic heterocycles. The van der Waals surface area contributed by atoms with Crippen LogP contribution in [0.3, 0.4) is 0 Å². The van der Waals surface area contributed by atoms with Crippen molar-refractivity contribution in [1.29, 1.82) is 0 Å². The fraction of sp³-hybridized carbons (Fsp3) is 0.333. The van der Waals surface area contributed by atoms with Crippen LogP contribution in [0.15, 0.2) is 60.8 Å². The van der Waals surface area contributed by atoms with E-state index in [4.69, 9.17) is 14.5 Å². The summed E-state index contributed by atoms with van der Waals surface area (Å²) in [6, 6.07) is 18.2. The van der Waals surface area contributed by atoms with Crippen molar-refractivity contribution in [3.63, 3.8) is 0 Å². The predicted octanol–water partition coefficient (Wildman–Crippen LogP) is 6.13. The molecule has 1 unspecified atom stereocenters. The number of fused-ring (bicyclic) bond motifs is 1. The number of ether oxygens (including phenoxy) is 2. The molecular weight excluding hydrogens is 546 g/mol. The molecule has 1 amide bonds. The lowest BCUT2D eigenvalue weighted by Crippen LogP contribution is -2.36. The Morgan fingerprint density at radius 2 is 1.88 bits per heavy atom. The number of hydrogen-bond acceptors (Lipinski definition) is 7. The molecule has 6 rings (SSSR count). The number of benzene rings is 2. The second kappa shape index (κ2) is 11.8. The van der Waals surface area contributed by atoms with Gasteiger partial charge in [0.1, 0.15) is 17.9 Å². The van der Waals surface area contributed by atoms with Gasteiger partial charge in [-0.1, -0.05) is 30.3 Å². The first kappa shape index (κ1) is 28.3. The summed E-state index contributed by atoms with van der Waals surface area (Å²) in [6.07, 6.45) is 2.34. The predicted molar refractivity (Wildman–Crippen MR) is 162 cm³/mol. The third-order valence-corrected chi connectivity index (χ3v) is 8.37. The third-order valence-electron chi connectivity index (χ3n) is 8.37. The van der Waals surface area contributed by atoms with Crippen LogP contribution in [0.2, 0.25) is 0 Å². The van der Waals surface area contributed by atoms with E-state index in [9.17, 15) is 14.7 Å². The van der Waals surface area contributed by atoms with Gasteiger partial charge in [-0.05, 0) is 74.9 Å². The van der Waals surface area contributed by atoms with E-state index in [2.05, 4.69) is 35.5 Å². The van der Waals surface area contributed by atoms with E-state index in [0.29, 0.717) is 49.3 Å². The Balaban J connectivity index is 1.24. The molecule has 10 heteroatoms. The number of aromatic nitrogens is 3. The fourth-order valence-electron chi connectivity index (χ4n) is 6.06. The maximum absolute atomic E-state index is 12.3. The number of likely N-dealkylation sites (tertiary alicyclic amines) is 1. The Morgan fingerprint density at radius 1 is 1.09 bits per heavy atom. The smallest absolute Gasteiger partial charge is 0.407 e. The first-order chi connectivity index (χ1) is 20.8. The van der Waals surface area contributed by atoms with Gasteiger partial charge >= 0.3 is 12.1 Å². The molecule has 43 heavy (non-hydrogen) atoms. The average Bonchev–Trinajstić information content (AvgIpc) is 3.61. The minimum absolute atomic E-state index is 0.0816. The molecule has 1 saturated heterocycles.